The van der Waals surface area contributed by atoms with Crippen LogP contribution in [0, 0.1) is 0 Å². The molecule has 0 radical (unpaired) electrons. The first kappa shape index (κ1) is 8.18. The number of H-pyrrole nitrogens is 1. The Morgan fingerprint density at radius 3 is 3.08 bits per heavy atom. The van der Waals surface area contributed by atoms with Gasteiger partial charge in [-0.3, -0.25) is 0 Å². The van der Waals surface area contributed by atoms with E-state index in [1.807, 2.05) is 6.92 Å². The lowest BCUT2D eigenvalue weighted by Crippen LogP contribution is -2.54. The molecular weight excluding hydrogens is 190 g/mol. The van der Waals surface area contributed by atoms with Crippen LogP contribution in [-0.4, -0.2) is 9.38 Å². The highest BCUT2D eigenvalue weighted by atomic mass is 32.1. The Kier molecular flexibility index (Phi) is 1.77. The fourth-order valence-corrected chi connectivity index (χ4v) is 2.11. The fraction of sp³-hybridized carbons (Fsp3) is 0.286. The summed E-state index contributed by atoms with van der Waals surface area (Å²) in [7, 11) is 0. The van der Waals surface area contributed by atoms with Crippen molar-refractivity contribution < 1.29 is 4.57 Å². The molecule has 0 aliphatic rings. The minimum absolute atomic E-state index is 0.352. The van der Waals surface area contributed by atoms with Crippen molar-refractivity contribution in [3.63, 3.8) is 0 Å². The van der Waals surface area contributed by atoms with Crippen molar-refractivity contribution in [3.8, 4) is 0 Å². The molecule has 2 aromatic heterocycles. The average molecular weight is 198 g/mol. The van der Waals surface area contributed by atoms with E-state index in [1.165, 1.54) is 20.3 Å². The maximum absolute atomic E-state index is 11.3. The zero-order chi connectivity index (χ0) is 9.42. The molecule has 0 saturated carbocycles. The molecule has 0 aromatic carbocycles. The topological polar surface area (TPSA) is 58.2 Å². The summed E-state index contributed by atoms with van der Waals surface area (Å²) in [5.41, 5.74) is -0.735. The molecule has 5 nitrogen and oxygen atoms in total. The van der Waals surface area contributed by atoms with Gasteiger partial charge in [0.05, 0.1) is 12.7 Å². The number of aromatic nitrogens is 3. The monoisotopic (exact) mass is 198 g/mol. The van der Waals surface area contributed by atoms with E-state index in [4.69, 9.17) is 0 Å². The second kappa shape index (κ2) is 2.81. The van der Waals surface area contributed by atoms with E-state index < -0.39 is 0 Å². The van der Waals surface area contributed by atoms with Gasteiger partial charge in [0.1, 0.15) is 0 Å². The highest BCUT2D eigenvalue weighted by molar-refractivity contribution is 7.14. The van der Waals surface area contributed by atoms with Crippen molar-refractivity contribution in [2.75, 3.05) is 0 Å². The summed E-state index contributed by atoms with van der Waals surface area (Å²) in [5, 5.41) is 1.77. The number of nitrogens with one attached hydrogen (secondary N) is 1. The predicted octanol–water partition coefficient (Wildman–Crippen LogP) is -0.643. The van der Waals surface area contributed by atoms with E-state index in [-0.39, 0.29) is 11.4 Å². The van der Waals surface area contributed by atoms with Crippen molar-refractivity contribution in [2.45, 2.75) is 13.5 Å². The quantitative estimate of drug-likeness (QED) is 0.619. The van der Waals surface area contributed by atoms with E-state index >= 15 is 0 Å². The van der Waals surface area contributed by atoms with Gasteiger partial charge >= 0.3 is 11.4 Å². The van der Waals surface area contributed by atoms with E-state index in [0.717, 1.165) is 0 Å². The molecule has 0 aliphatic carbocycles. The first-order chi connectivity index (χ1) is 6.24. The number of rotatable bonds is 1. The molecule has 6 heteroatoms. The number of aryl methyl sites for hydroxylation is 1. The third kappa shape index (κ3) is 1.10. The van der Waals surface area contributed by atoms with E-state index in [0.29, 0.717) is 11.5 Å². The van der Waals surface area contributed by atoms with Gasteiger partial charge in [-0.25, -0.2) is 9.59 Å². The maximum atomic E-state index is 11.3. The van der Waals surface area contributed by atoms with E-state index in [9.17, 15) is 9.59 Å². The molecule has 0 aliphatic heterocycles. The summed E-state index contributed by atoms with van der Waals surface area (Å²) in [4.78, 5) is 25.4. The van der Waals surface area contributed by atoms with Crippen LogP contribution in [0.25, 0.3) is 4.96 Å². The Balaban J connectivity index is 3.06. The van der Waals surface area contributed by atoms with Crippen LogP contribution in [0.2, 0.25) is 0 Å². The summed E-state index contributed by atoms with van der Waals surface area (Å²) < 4.78 is 2.95. The normalized spacial score (nSPS) is 10.8. The summed E-state index contributed by atoms with van der Waals surface area (Å²) in [6, 6.07) is 0. The van der Waals surface area contributed by atoms with Gasteiger partial charge in [-0.1, -0.05) is 11.3 Å². The van der Waals surface area contributed by atoms with Gasteiger partial charge < -0.3 is 0 Å². The Labute approximate surface area is 76.9 Å². The van der Waals surface area contributed by atoms with Crippen LogP contribution in [0.5, 0.6) is 0 Å². The van der Waals surface area contributed by atoms with Gasteiger partial charge in [0.15, 0.2) is 0 Å². The van der Waals surface area contributed by atoms with E-state index in [2.05, 4.69) is 4.98 Å². The van der Waals surface area contributed by atoms with Crippen molar-refractivity contribution in [3.05, 3.63) is 32.5 Å². The molecule has 0 bridgehead atoms. The van der Waals surface area contributed by atoms with Crippen LogP contribution in [0.4, 0.5) is 0 Å². The third-order valence-corrected chi connectivity index (χ3v) is 2.70. The average Bonchev–Trinajstić information content (AvgIpc) is 2.53. The van der Waals surface area contributed by atoms with Crippen molar-refractivity contribution >= 4 is 16.3 Å². The molecule has 2 rings (SSSR count). The summed E-state index contributed by atoms with van der Waals surface area (Å²) in [6.07, 6.45) is 1.64. The summed E-state index contributed by atoms with van der Waals surface area (Å²) >= 11 is 1.37. The highest BCUT2D eigenvalue weighted by Crippen LogP contribution is 2.00. The predicted molar refractivity (Wildman–Crippen MR) is 48.0 cm³/mol. The molecule has 2 aromatic rings. The lowest BCUT2D eigenvalue weighted by atomic mass is 10.7. The number of aromatic amines is 1. The number of hydrogen-bond acceptors (Lipinski definition) is 3. The van der Waals surface area contributed by atoms with Crippen LogP contribution in [0.15, 0.2) is 21.2 Å². The van der Waals surface area contributed by atoms with Crippen LogP contribution in [0.1, 0.15) is 6.92 Å². The zero-order valence-corrected chi connectivity index (χ0v) is 7.80. The minimum atomic E-state index is -0.383. The second-order valence-corrected chi connectivity index (χ2v) is 3.41. The summed E-state index contributed by atoms with van der Waals surface area (Å²) in [5.74, 6) is 0. The van der Waals surface area contributed by atoms with Crippen molar-refractivity contribution in [1.82, 2.24) is 9.38 Å². The molecule has 68 valence electrons. The van der Waals surface area contributed by atoms with Crippen LogP contribution < -0.4 is 15.9 Å². The fourth-order valence-electron chi connectivity index (χ4n) is 1.21. The van der Waals surface area contributed by atoms with Gasteiger partial charge in [0, 0.05) is 5.38 Å². The van der Waals surface area contributed by atoms with Gasteiger partial charge in [-0.15, -0.1) is 0 Å². The first-order valence-corrected chi connectivity index (χ1v) is 4.74. The molecule has 0 unspecified atom stereocenters. The Bertz CT molecular complexity index is 551. The summed E-state index contributed by atoms with van der Waals surface area (Å²) in [6.45, 7) is 2.42. The Morgan fingerprint density at radius 2 is 2.38 bits per heavy atom. The van der Waals surface area contributed by atoms with E-state index in [1.54, 1.807) is 11.6 Å². The maximum Gasteiger partial charge on any atom is 0.451 e. The molecule has 13 heavy (non-hydrogen) atoms. The number of hydrogen-bond donors (Lipinski definition) is 1. The highest BCUT2D eigenvalue weighted by Gasteiger charge is 2.12. The molecular formula is C7H8N3O2S+. The van der Waals surface area contributed by atoms with Crippen molar-refractivity contribution in [1.29, 1.82) is 0 Å². The third-order valence-electron chi connectivity index (χ3n) is 1.81. The minimum Gasteiger partial charge on any atom is -0.212 e. The molecule has 0 fully saturated rings. The van der Waals surface area contributed by atoms with Gasteiger partial charge in [0.25, 0.3) is 4.96 Å². The largest absolute Gasteiger partial charge is 0.451 e. The molecule has 0 spiro atoms. The lowest BCUT2D eigenvalue weighted by molar-refractivity contribution is -0.686. The van der Waals surface area contributed by atoms with Crippen LogP contribution in [-0.2, 0) is 6.54 Å². The number of nitrogens with zero attached hydrogens (tertiary/aromatic N) is 2. The van der Waals surface area contributed by atoms with Crippen LogP contribution in [0.3, 0.4) is 0 Å². The van der Waals surface area contributed by atoms with Crippen LogP contribution >= 0.6 is 11.3 Å². The first-order valence-electron chi connectivity index (χ1n) is 3.86. The smallest absolute Gasteiger partial charge is 0.212 e. The lowest BCUT2D eigenvalue weighted by Gasteiger charge is -1.93. The SMILES string of the molecule is CC[n+]1c(=O)[nH]c(=O)n2ccsc21. The van der Waals surface area contributed by atoms with Gasteiger partial charge in [-0.05, 0) is 6.92 Å². The molecule has 0 amide bonds. The van der Waals surface area contributed by atoms with Crippen molar-refractivity contribution in [2.24, 2.45) is 0 Å². The molecule has 0 saturated heterocycles. The second-order valence-electron chi connectivity index (χ2n) is 2.54. The van der Waals surface area contributed by atoms with Gasteiger partial charge in [0.2, 0.25) is 0 Å². The number of fused-ring (bicyclic) bond motifs is 1. The number of thiazole rings is 1. The standard InChI is InChI=1S/C7H7N3O2S/c1-2-9-5(11)8-6(12)10-3-4-13-7(9)10/h3-4H,2H2,1H3/p+1. The van der Waals surface area contributed by atoms with Gasteiger partial charge in [-0.2, -0.15) is 14.0 Å². The Hall–Kier alpha value is -1.43. The molecule has 1 N–H and O–H groups in total. The Morgan fingerprint density at radius 1 is 1.62 bits per heavy atom. The molecule has 0 atom stereocenters. The molecule has 2 heterocycles. The zero-order valence-electron chi connectivity index (χ0n) is 6.98.